The summed E-state index contributed by atoms with van der Waals surface area (Å²) in [6, 6.07) is 3.92. The van der Waals surface area contributed by atoms with E-state index in [0.29, 0.717) is 17.7 Å². The maximum atomic E-state index is 12.3. The van der Waals surface area contributed by atoms with Gasteiger partial charge in [-0.3, -0.25) is 4.79 Å². The number of carbonyl (C=O) groups is 1. The van der Waals surface area contributed by atoms with E-state index in [9.17, 15) is 4.79 Å². The Morgan fingerprint density at radius 3 is 2.88 bits per heavy atom. The fourth-order valence-electron chi connectivity index (χ4n) is 2.33. The van der Waals surface area contributed by atoms with Crippen LogP contribution in [-0.4, -0.2) is 36.6 Å². The molecule has 0 radical (unpaired) electrons. The lowest BCUT2D eigenvalue weighted by Crippen LogP contribution is -2.37. The lowest BCUT2D eigenvalue weighted by atomic mass is 10.1. The highest BCUT2D eigenvalue weighted by molar-refractivity contribution is 5.91. The standard InChI is InChI=1S/C13H17NO3/c15-13(12-2-1-6-17-12)14(11-3-4-11)8-10-5-7-16-9-10/h1-2,6,10-11H,3-5,7-9H2. The third-order valence-electron chi connectivity index (χ3n) is 3.46. The molecule has 0 spiro atoms. The summed E-state index contributed by atoms with van der Waals surface area (Å²) in [5, 5.41) is 0. The lowest BCUT2D eigenvalue weighted by molar-refractivity contribution is 0.0674. The summed E-state index contributed by atoms with van der Waals surface area (Å²) in [5.74, 6) is 0.981. The van der Waals surface area contributed by atoms with Crippen molar-refractivity contribution in [2.24, 2.45) is 5.92 Å². The summed E-state index contributed by atoms with van der Waals surface area (Å²) in [4.78, 5) is 14.2. The molecule has 1 aromatic heterocycles. The predicted molar refractivity (Wildman–Crippen MR) is 61.7 cm³/mol. The first-order valence-corrected chi connectivity index (χ1v) is 6.27. The molecule has 17 heavy (non-hydrogen) atoms. The predicted octanol–water partition coefficient (Wildman–Crippen LogP) is 1.92. The van der Waals surface area contributed by atoms with E-state index in [2.05, 4.69) is 0 Å². The Bertz CT molecular complexity index is 377. The first kappa shape index (κ1) is 10.8. The van der Waals surface area contributed by atoms with Crippen molar-refractivity contribution in [1.82, 2.24) is 4.90 Å². The average molecular weight is 235 g/mol. The molecule has 92 valence electrons. The van der Waals surface area contributed by atoms with Gasteiger partial charge in [0, 0.05) is 25.1 Å². The number of amides is 1. The highest BCUT2D eigenvalue weighted by atomic mass is 16.5. The Hall–Kier alpha value is -1.29. The lowest BCUT2D eigenvalue weighted by Gasteiger charge is -2.24. The minimum absolute atomic E-state index is 0.0319. The van der Waals surface area contributed by atoms with E-state index in [4.69, 9.17) is 9.15 Å². The summed E-state index contributed by atoms with van der Waals surface area (Å²) in [5.41, 5.74) is 0. The number of ether oxygens (including phenoxy) is 1. The Balaban J connectivity index is 1.69. The van der Waals surface area contributed by atoms with Crippen molar-refractivity contribution in [2.45, 2.75) is 25.3 Å². The highest BCUT2D eigenvalue weighted by Gasteiger charge is 2.36. The molecule has 2 aliphatic rings. The molecule has 2 heterocycles. The van der Waals surface area contributed by atoms with Gasteiger partial charge in [0.1, 0.15) is 0 Å². The van der Waals surface area contributed by atoms with E-state index in [1.165, 1.54) is 0 Å². The van der Waals surface area contributed by atoms with E-state index < -0.39 is 0 Å². The van der Waals surface area contributed by atoms with Crippen molar-refractivity contribution in [2.75, 3.05) is 19.8 Å². The van der Waals surface area contributed by atoms with Gasteiger partial charge < -0.3 is 14.1 Å². The number of nitrogens with zero attached hydrogens (tertiary/aromatic N) is 1. The van der Waals surface area contributed by atoms with Crippen molar-refractivity contribution < 1.29 is 13.9 Å². The van der Waals surface area contributed by atoms with Gasteiger partial charge >= 0.3 is 0 Å². The van der Waals surface area contributed by atoms with Crippen molar-refractivity contribution in [3.63, 3.8) is 0 Å². The topological polar surface area (TPSA) is 42.7 Å². The molecule has 1 saturated heterocycles. The fourth-order valence-corrected chi connectivity index (χ4v) is 2.33. The SMILES string of the molecule is O=C(c1ccco1)N(CC1CCOC1)C1CC1. The number of hydrogen-bond donors (Lipinski definition) is 0. The van der Waals surface area contributed by atoms with E-state index >= 15 is 0 Å². The van der Waals surface area contributed by atoms with Crippen LogP contribution in [0.5, 0.6) is 0 Å². The molecule has 1 atom stereocenters. The summed E-state index contributed by atoms with van der Waals surface area (Å²) in [6.07, 6.45) is 4.87. The molecule has 4 nitrogen and oxygen atoms in total. The second-order valence-electron chi connectivity index (χ2n) is 4.90. The van der Waals surface area contributed by atoms with Crippen LogP contribution in [0.3, 0.4) is 0 Å². The second-order valence-corrected chi connectivity index (χ2v) is 4.90. The molecule has 0 bridgehead atoms. The van der Waals surface area contributed by atoms with Crippen LogP contribution in [0.2, 0.25) is 0 Å². The molecule has 0 aromatic carbocycles. The van der Waals surface area contributed by atoms with Gasteiger partial charge in [0.05, 0.1) is 12.9 Å². The third kappa shape index (κ3) is 2.36. The van der Waals surface area contributed by atoms with Gasteiger partial charge in [-0.25, -0.2) is 0 Å². The Kier molecular flexibility index (Phi) is 2.89. The minimum Gasteiger partial charge on any atom is -0.459 e. The summed E-state index contributed by atoms with van der Waals surface area (Å²) in [6.45, 7) is 2.43. The van der Waals surface area contributed by atoms with Gasteiger partial charge in [-0.2, -0.15) is 0 Å². The summed E-state index contributed by atoms with van der Waals surface area (Å²) >= 11 is 0. The summed E-state index contributed by atoms with van der Waals surface area (Å²) < 4.78 is 10.6. The van der Waals surface area contributed by atoms with Crippen LogP contribution in [0, 0.1) is 5.92 Å². The normalized spacial score (nSPS) is 23.9. The van der Waals surface area contributed by atoms with Crippen molar-refractivity contribution in [3.05, 3.63) is 24.2 Å². The fraction of sp³-hybridized carbons (Fsp3) is 0.615. The van der Waals surface area contributed by atoms with Crippen LogP contribution in [-0.2, 0) is 4.74 Å². The minimum atomic E-state index is 0.0319. The monoisotopic (exact) mass is 235 g/mol. The Morgan fingerprint density at radius 2 is 2.29 bits per heavy atom. The molecule has 1 unspecified atom stereocenters. The first-order valence-electron chi connectivity index (χ1n) is 6.27. The Morgan fingerprint density at radius 1 is 1.41 bits per heavy atom. The van der Waals surface area contributed by atoms with Crippen LogP contribution < -0.4 is 0 Å². The van der Waals surface area contributed by atoms with Crippen molar-refractivity contribution in [1.29, 1.82) is 0 Å². The molecule has 0 N–H and O–H groups in total. The molecule has 4 heteroatoms. The van der Waals surface area contributed by atoms with Gasteiger partial charge in [0.2, 0.25) is 0 Å². The zero-order valence-electron chi connectivity index (χ0n) is 9.80. The van der Waals surface area contributed by atoms with Gasteiger partial charge in [-0.1, -0.05) is 0 Å². The molecule has 2 fully saturated rings. The first-order chi connectivity index (χ1) is 8.34. The van der Waals surface area contributed by atoms with Crippen LogP contribution in [0.25, 0.3) is 0 Å². The number of hydrogen-bond acceptors (Lipinski definition) is 3. The average Bonchev–Trinajstić information content (AvgIpc) is 2.86. The highest BCUT2D eigenvalue weighted by Crippen LogP contribution is 2.30. The van der Waals surface area contributed by atoms with Gasteiger partial charge in [0.25, 0.3) is 5.91 Å². The van der Waals surface area contributed by atoms with Crippen LogP contribution in [0.4, 0.5) is 0 Å². The second kappa shape index (κ2) is 4.53. The molecule has 3 rings (SSSR count). The summed E-state index contributed by atoms with van der Waals surface area (Å²) in [7, 11) is 0. The number of carbonyl (C=O) groups excluding carboxylic acids is 1. The number of rotatable bonds is 4. The molecule has 1 aliphatic carbocycles. The smallest absolute Gasteiger partial charge is 0.289 e. The molecular weight excluding hydrogens is 218 g/mol. The molecular formula is C13H17NO3. The zero-order valence-corrected chi connectivity index (χ0v) is 9.80. The molecule has 1 aliphatic heterocycles. The quantitative estimate of drug-likeness (QED) is 0.800. The van der Waals surface area contributed by atoms with Gasteiger partial charge in [0.15, 0.2) is 5.76 Å². The van der Waals surface area contributed by atoms with Crippen molar-refractivity contribution >= 4 is 5.91 Å². The van der Waals surface area contributed by atoms with E-state index in [0.717, 1.165) is 39.0 Å². The van der Waals surface area contributed by atoms with E-state index in [-0.39, 0.29) is 5.91 Å². The maximum Gasteiger partial charge on any atom is 0.289 e. The molecule has 1 aromatic rings. The maximum absolute atomic E-state index is 12.3. The van der Waals surface area contributed by atoms with Crippen LogP contribution in [0.15, 0.2) is 22.8 Å². The van der Waals surface area contributed by atoms with Crippen molar-refractivity contribution in [3.8, 4) is 0 Å². The van der Waals surface area contributed by atoms with Crippen LogP contribution in [0.1, 0.15) is 29.8 Å². The largest absolute Gasteiger partial charge is 0.459 e. The number of furan rings is 1. The zero-order chi connectivity index (χ0) is 11.7. The molecule has 1 saturated carbocycles. The van der Waals surface area contributed by atoms with Crippen LogP contribution >= 0.6 is 0 Å². The van der Waals surface area contributed by atoms with E-state index in [1.54, 1.807) is 18.4 Å². The van der Waals surface area contributed by atoms with Gasteiger partial charge in [-0.05, 0) is 31.4 Å². The van der Waals surface area contributed by atoms with E-state index in [1.807, 2.05) is 4.90 Å². The third-order valence-corrected chi connectivity index (χ3v) is 3.46. The Labute approximate surface area is 101 Å². The van der Waals surface area contributed by atoms with Gasteiger partial charge in [-0.15, -0.1) is 0 Å². The molecule has 1 amide bonds.